The molecule has 1 aliphatic rings. The van der Waals surface area contributed by atoms with Crippen molar-refractivity contribution >= 4 is 27.3 Å². The number of carbonyl (C=O) groups is 1. The molecule has 0 saturated carbocycles. The van der Waals surface area contributed by atoms with Crippen molar-refractivity contribution in [2.24, 2.45) is 5.14 Å². The Balaban J connectivity index is 1.71. The monoisotopic (exact) mass is 345 g/mol. The van der Waals surface area contributed by atoms with Gasteiger partial charge in [-0.2, -0.15) is 0 Å². The Morgan fingerprint density at radius 3 is 2.50 bits per heavy atom. The second kappa shape index (κ2) is 6.26. The molecular formula is C17H19N3O3S. The van der Waals surface area contributed by atoms with E-state index in [9.17, 15) is 13.2 Å². The molecule has 0 aromatic heterocycles. The highest BCUT2D eigenvalue weighted by atomic mass is 32.2. The molecule has 24 heavy (non-hydrogen) atoms. The number of hydrogen-bond donors (Lipinski definition) is 2. The molecular weight excluding hydrogens is 326 g/mol. The molecule has 0 bridgehead atoms. The number of sulfonamides is 1. The van der Waals surface area contributed by atoms with Crippen LogP contribution >= 0.6 is 0 Å². The van der Waals surface area contributed by atoms with Crippen LogP contribution < -0.4 is 15.4 Å². The number of rotatable bonds is 4. The maximum Gasteiger partial charge on any atom is 0.246 e. The molecule has 6 nitrogen and oxygen atoms in total. The van der Waals surface area contributed by atoms with E-state index in [-0.39, 0.29) is 16.8 Å². The van der Waals surface area contributed by atoms with Crippen molar-refractivity contribution in [2.75, 3.05) is 16.8 Å². The third-order valence-electron chi connectivity index (χ3n) is 4.22. The number of primary sulfonamides is 1. The van der Waals surface area contributed by atoms with Gasteiger partial charge in [0.1, 0.15) is 6.04 Å². The van der Waals surface area contributed by atoms with Gasteiger partial charge in [0.15, 0.2) is 0 Å². The fourth-order valence-corrected chi connectivity index (χ4v) is 3.40. The van der Waals surface area contributed by atoms with Gasteiger partial charge in [-0.25, -0.2) is 13.6 Å². The van der Waals surface area contributed by atoms with Crippen molar-refractivity contribution in [3.05, 3.63) is 54.1 Å². The van der Waals surface area contributed by atoms with Crippen molar-refractivity contribution in [2.45, 2.75) is 24.3 Å². The van der Waals surface area contributed by atoms with Gasteiger partial charge in [0.25, 0.3) is 0 Å². The normalized spacial score (nSPS) is 15.0. The summed E-state index contributed by atoms with van der Waals surface area (Å²) in [6.07, 6.45) is 0.927. The maximum atomic E-state index is 12.5. The second-order valence-corrected chi connectivity index (χ2v) is 7.37. The van der Waals surface area contributed by atoms with Crippen LogP contribution in [0.15, 0.2) is 53.4 Å². The molecule has 1 aliphatic heterocycles. The molecule has 7 heteroatoms. The van der Waals surface area contributed by atoms with Crippen molar-refractivity contribution in [1.29, 1.82) is 0 Å². The zero-order valence-electron chi connectivity index (χ0n) is 13.3. The number of fused-ring (bicyclic) bond motifs is 1. The number of hydrogen-bond acceptors (Lipinski definition) is 4. The molecule has 126 valence electrons. The van der Waals surface area contributed by atoms with E-state index in [1.807, 2.05) is 25.1 Å². The van der Waals surface area contributed by atoms with E-state index >= 15 is 0 Å². The summed E-state index contributed by atoms with van der Waals surface area (Å²) in [4.78, 5) is 14.6. The van der Waals surface area contributed by atoms with Gasteiger partial charge >= 0.3 is 0 Å². The molecule has 1 atom stereocenters. The largest absolute Gasteiger partial charge is 0.359 e. The predicted molar refractivity (Wildman–Crippen MR) is 93.4 cm³/mol. The Labute approximate surface area is 141 Å². The summed E-state index contributed by atoms with van der Waals surface area (Å²) in [5, 5.41) is 7.87. The maximum absolute atomic E-state index is 12.5. The molecule has 3 rings (SSSR count). The van der Waals surface area contributed by atoms with Gasteiger partial charge in [-0.05, 0) is 49.2 Å². The van der Waals surface area contributed by atoms with Crippen LogP contribution in [0.25, 0.3) is 0 Å². The van der Waals surface area contributed by atoms with Crippen LogP contribution in [0.2, 0.25) is 0 Å². The molecule has 0 fully saturated rings. The third-order valence-corrected chi connectivity index (χ3v) is 5.15. The van der Waals surface area contributed by atoms with Crippen molar-refractivity contribution in [3.63, 3.8) is 0 Å². The van der Waals surface area contributed by atoms with Gasteiger partial charge in [0, 0.05) is 17.9 Å². The first-order chi connectivity index (χ1) is 11.4. The lowest BCUT2D eigenvalue weighted by atomic mass is 10.1. The van der Waals surface area contributed by atoms with Crippen LogP contribution in [0.1, 0.15) is 12.5 Å². The highest BCUT2D eigenvalue weighted by Gasteiger charge is 2.27. The average molecular weight is 345 g/mol. The topological polar surface area (TPSA) is 92.5 Å². The summed E-state index contributed by atoms with van der Waals surface area (Å²) < 4.78 is 22.5. The minimum atomic E-state index is -3.73. The van der Waals surface area contributed by atoms with Gasteiger partial charge in [0.2, 0.25) is 15.9 Å². The van der Waals surface area contributed by atoms with E-state index < -0.39 is 10.0 Å². The zero-order chi connectivity index (χ0) is 17.3. The van der Waals surface area contributed by atoms with Gasteiger partial charge in [-0.1, -0.05) is 18.2 Å². The highest BCUT2D eigenvalue weighted by Crippen LogP contribution is 2.29. The number of nitrogens with zero attached hydrogens (tertiary/aromatic N) is 1. The molecule has 0 radical (unpaired) electrons. The summed E-state index contributed by atoms with van der Waals surface area (Å²) in [6.45, 7) is 2.66. The Bertz CT molecular complexity index is 863. The molecule has 1 amide bonds. The van der Waals surface area contributed by atoms with Crippen LogP contribution in [0.5, 0.6) is 0 Å². The van der Waals surface area contributed by atoms with Gasteiger partial charge < -0.3 is 10.2 Å². The lowest BCUT2D eigenvalue weighted by Gasteiger charge is -2.26. The summed E-state index contributed by atoms with van der Waals surface area (Å²) in [6, 6.07) is 13.5. The molecule has 1 heterocycles. The zero-order valence-corrected chi connectivity index (χ0v) is 14.1. The number of anilines is 2. The van der Waals surface area contributed by atoms with E-state index in [1.54, 1.807) is 0 Å². The standard InChI is InChI=1S/C17H19N3O3S/c1-12(20-11-10-13-4-2-3-5-16(13)20)17(21)19-14-6-8-15(9-7-14)24(18,22)23/h2-9,12H,10-11H2,1H3,(H,19,21)(H2,18,22,23)/t12-/m0/s1. The molecule has 2 aromatic rings. The average Bonchev–Trinajstić information content (AvgIpc) is 2.97. The first kappa shape index (κ1) is 16.5. The van der Waals surface area contributed by atoms with E-state index in [4.69, 9.17) is 5.14 Å². The predicted octanol–water partition coefficient (Wildman–Crippen LogP) is 1.72. The van der Waals surface area contributed by atoms with Crippen LogP contribution in [0.3, 0.4) is 0 Å². The number of amides is 1. The van der Waals surface area contributed by atoms with Crippen LogP contribution in [-0.2, 0) is 21.2 Å². The van der Waals surface area contributed by atoms with E-state index in [0.717, 1.165) is 18.7 Å². The minimum absolute atomic E-state index is 0.0158. The number of para-hydroxylation sites is 1. The first-order valence-electron chi connectivity index (χ1n) is 7.64. The smallest absolute Gasteiger partial charge is 0.246 e. The van der Waals surface area contributed by atoms with E-state index in [1.165, 1.54) is 29.8 Å². The highest BCUT2D eigenvalue weighted by molar-refractivity contribution is 7.89. The fraction of sp³-hybridized carbons (Fsp3) is 0.235. The van der Waals surface area contributed by atoms with E-state index in [0.29, 0.717) is 5.69 Å². The molecule has 3 N–H and O–H groups in total. The van der Waals surface area contributed by atoms with E-state index in [2.05, 4.69) is 16.3 Å². The van der Waals surface area contributed by atoms with Crippen LogP contribution in [-0.4, -0.2) is 26.9 Å². The van der Waals surface area contributed by atoms with Crippen LogP contribution in [0.4, 0.5) is 11.4 Å². The van der Waals surface area contributed by atoms with Gasteiger partial charge in [-0.3, -0.25) is 4.79 Å². The SMILES string of the molecule is C[C@@H](C(=O)Nc1ccc(S(N)(=O)=O)cc1)N1CCc2ccccc21. The van der Waals surface area contributed by atoms with Crippen LogP contribution in [0, 0.1) is 0 Å². The fourth-order valence-electron chi connectivity index (χ4n) is 2.88. The molecule has 0 unspecified atom stereocenters. The lowest BCUT2D eigenvalue weighted by molar-refractivity contribution is -0.117. The lowest BCUT2D eigenvalue weighted by Crippen LogP contribution is -2.41. The summed E-state index contributed by atoms with van der Waals surface area (Å²) in [5.74, 6) is -0.143. The first-order valence-corrected chi connectivity index (χ1v) is 9.19. The second-order valence-electron chi connectivity index (χ2n) is 5.81. The van der Waals surface area contributed by atoms with Crippen molar-refractivity contribution in [3.8, 4) is 0 Å². The number of nitrogens with two attached hydrogens (primary N) is 1. The summed E-state index contributed by atoms with van der Waals surface area (Å²) in [7, 11) is -3.73. The van der Waals surface area contributed by atoms with Crippen molar-refractivity contribution in [1.82, 2.24) is 0 Å². The van der Waals surface area contributed by atoms with Gasteiger partial charge in [0.05, 0.1) is 4.90 Å². The summed E-state index contributed by atoms with van der Waals surface area (Å²) in [5.41, 5.74) is 2.87. The minimum Gasteiger partial charge on any atom is -0.359 e. The Morgan fingerprint density at radius 1 is 1.17 bits per heavy atom. The van der Waals surface area contributed by atoms with Gasteiger partial charge in [-0.15, -0.1) is 0 Å². The Morgan fingerprint density at radius 2 is 1.83 bits per heavy atom. The summed E-state index contributed by atoms with van der Waals surface area (Å²) >= 11 is 0. The number of nitrogens with one attached hydrogen (secondary N) is 1. The number of carbonyl (C=O) groups excluding carboxylic acids is 1. The number of benzene rings is 2. The molecule has 0 saturated heterocycles. The molecule has 0 spiro atoms. The third kappa shape index (κ3) is 3.27. The molecule has 2 aromatic carbocycles. The van der Waals surface area contributed by atoms with Crippen molar-refractivity contribution < 1.29 is 13.2 Å². The molecule has 0 aliphatic carbocycles. The Hall–Kier alpha value is -2.38. The quantitative estimate of drug-likeness (QED) is 0.882. The Kier molecular flexibility index (Phi) is 4.29.